The van der Waals surface area contributed by atoms with E-state index < -0.39 is 11.0 Å². The predicted molar refractivity (Wildman–Crippen MR) is 102 cm³/mol. The average molecular weight is 364 g/mol. The number of aromatic nitrogens is 3. The third-order valence-corrected chi connectivity index (χ3v) is 5.03. The van der Waals surface area contributed by atoms with Crippen molar-refractivity contribution in [3.8, 4) is 11.4 Å². The number of rotatable bonds is 4. The number of pyridine rings is 1. The van der Waals surface area contributed by atoms with Crippen molar-refractivity contribution in [1.29, 1.82) is 0 Å². The maximum Gasteiger partial charge on any atom is 0.151 e. The second-order valence-corrected chi connectivity index (χ2v) is 7.01. The van der Waals surface area contributed by atoms with Gasteiger partial charge in [0.2, 0.25) is 0 Å². The van der Waals surface area contributed by atoms with E-state index >= 15 is 0 Å². The molecule has 4 aromatic rings. The molecular weight excluding hydrogens is 348 g/mol. The van der Waals surface area contributed by atoms with Gasteiger partial charge < -0.3 is 5.11 Å². The highest BCUT2D eigenvalue weighted by molar-refractivity contribution is 7.86. The van der Waals surface area contributed by atoms with Crippen LogP contribution in [0.5, 0.6) is 5.75 Å². The largest absolute Gasteiger partial charge is 0.508 e. The number of hydrogen-bond donors (Lipinski definition) is 2. The molecule has 1 unspecified atom stereocenters. The Morgan fingerprint density at radius 1 is 1.08 bits per heavy atom. The quantitative estimate of drug-likeness (QED) is 0.580. The Hall–Kier alpha value is -3.19. The van der Waals surface area contributed by atoms with Crippen LogP contribution in [0.3, 0.4) is 0 Å². The van der Waals surface area contributed by atoms with Gasteiger partial charge in [-0.3, -0.25) is 9.71 Å². The molecule has 0 bridgehead atoms. The molecule has 0 aliphatic rings. The molecule has 6 nitrogen and oxygen atoms in total. The van der Waals surface area contributed by atoms with Crippen LogP contribution in [0.1, 0.15) is 5.69 Å². The van der Waals surface area contributed by atoms with Crippen molar-refractivity contribution in [2.75, 3.05) is 4.72 Å². The molecule has 0 radical (unpaired) electrons. The Balaban J connectivity index is 1.75. The van der Waals surface area contributed by atoms with Crippen molar-refractivity contribution >= 4 is 27.7 Å². The zero-order chi connectivity index (χ0) is 18.1. The number of phenols is 1. The fourth-order valence-electron chi connectivity index (χ4n) is 2.75. The number of anilines is 1. The summed E-state index contributed by atoms with van der Waals surface area (Å²) in [5, 5.41) is 14.9. The highest BCUT2D eigenvalue weighted by Crippen LogP contribution is 2.25. The molecule has 0 saturated carbocycles. The molecule has 4 rings (SSSR count). The van der Waals surface area contributed by atoms with Gasteiger partial charge in [-0.25, -0.2) is 8.89 Å². The summed E-state index contributed by atoms with van der Waals surface area (Å²) in [6, 6.07) is 17.8. The minimum atomic E-state index is -1.48. The number of aromatic hydroxyl groups is 1. The summed E-state index contributed by atoms with van der Waals surface area (Å²) < 4.78 is 17.4. The van der Waals surface area contributed by atoms with Gasteiger partial charge in [0.25, 0.3) is 0 Å². The maximum atomic E-state index is 12.6. The number of nitrogens with zero attached hydrogens (tertiary/aromatic N) is 3. The molecule has 26 heavy (non-hydrogen) atoms. The molecule has 1 atom stereocenters. The van der Waals surface area contributed by atoms with E-state index in [1.165, 1.54) is 12.1 Å². The van der Waals surface area contributed by atoms with E-state index in [0.717, 1.165) is 22.3 Å². The van der Waals surface area contributed by atoms with Crippen molar-refractivity contribution in [2.45, 2.75) is 11.8 Å². The van der Waals surface area contributed by atoms with Crippen LogP contribution >= 0.6 is 0 Å². The maximum absolute atomic E-state index is 12.6. The number of fused-ring (bicyclic) bond motifs is 1. The lowest BCUT2D eigenvalue weighted by molar-refractivity contribution is 0.475. The number of phenolic OH excluding ortho intramolecular Hbond substituents is 1. The molecule has 0 saturated heterocycles. The Morgan fingerprint density at radius 3 is 2.69 bits per heavy atom. The molecular formula is C19H16N4O2S. The molecule has 0 aliphatic carbocycles. The van der Waals surface area contributed by atoms with E-state index in [2.05, 4.69) is 14.8 Å². The highest BCUT2D eigenvalue weighted by atomic mass is 32.2. The van der Waals surface area contributed by atoms with Crippen LogP contribution in [0, 0.1) is 6.92 Å². The number of aryl methyl sites for hydroxylation is 1. The lowest BCUT2D eigenvalue weighted by Gasteiger charge is -2.11. The summed E-state index contributed by atoms with van der Waals surface area (Å²) in [5.74, 6) is 0.750. The van der Waals surface area contributed by atoms with Crippen LogP contribution in [-0.2, 0) is 11.0 Å². The van der Waals surface area contributed by atoms with Crippen LogP contribution in [0.4, 0.5) is 5.82 Å². The molecule has 130 valence electrons. The zero-order valence-electron chi connectivity index (χ0n) is 14.0. The van der Waals surface area contributed by atoms with Crippen molar-refractivity contribution < 1.29 is 9.32 Å². The first-order valence-electron chi connectivity index (χ1n) is 8.00. The zero-order valence-corrected chi connectivity index (χ0v) is 14.8. The van der Waals surface area contributed by atoms with E-state index in [1.807, 2.05) is 43.3 Å². The van der Waals surface area contributed by atoms with Crippen LogP contribution in [0.15, 0.2) is 71.8 Å². The van der Waals surface area contributed by atoms with E-state index in [-0.39, 0.29) is 5.75 Å². The summed E-state index contributed by atoms with van der Waals surface area (Å²) in [7, 11) is -1.48. The summed E-state index contributed by atoms with van der Waals surface area (Å²) in [6.45, 7) is 1.88. The van der Waals surface area contributed by atoms with E-state index in [0.29, 0.717) is 10.7 Å². The summed E-state index contributed by atoms with van der Waals surface area (Å²) in [5.41, 5.74) is 2.52. The molecule has 0 amide bonds. The minimum absolute atomic E-state index is 0.134. The first-order chi connectivity index (χ1) is 12.6. The van der Waals surface area contributed by atoms with Crippen LogP contribution in [0.25, 0.3) is 16.6 Å². The van der Waals surface area contributed by atoms with Crippen LogP contribution in [0.2, 0.25) is 0 Å². The van der Waals surface area contributed by atoms with Gasteiger partial charge in [-0.05, 0) is 55.5 Å². The molecule has 2 N–H and O–H groups in total. The standard InChI is InChI=1S/C19H16N4O2S/c1-13-12-19(22-26(25)15-9-7-14(24)8-10-15)23(21-13)18-6-2-5-17-16(18)4-3-11-20-17/h2-12,22,24H,1H3. The summed E-state index contributed by atoms with van der Waals surface area (Å²) in [4.78, 5) is 4.94. The minimum Gasteiger partial charge on any atom is -0.508 e. The molecule has 0 fully saturated rings. The Kier molecular flexibility index (Phi) is 4.14. The van der Waals surface area contributed by atoms with Gasteiger partial charge in [0.15, 0.2) is 11.0 Å². The lowest BCUT2D eigenvalue weighted by atomic mass is 10.2. The molecule has 2 aromatic heterocycles. The first kappa shape index (κ1) is 16.3. The average Bonchev–Trinajstić information content (AvgIpc) is 3.01. The smallest absolute Gasteiger partial charge is 0.151 e. The monoisotopic (exact) mass is 364 g/mol. The second kappa shape index (κ2) is 6.61. The molecule has 2 aromatic carbocycles. The Labute approximate surface area is 152 Å². The summed E-state index contributed by atoms with van der Waals surface area (Å²) >= 11 is 0. The summed E-state index contributed by atoms with van der Waals surface area (Å²) in [6.07, 6.45) is 1.75. The first-order valence-corrected chi connectivity index (χ1v) is 9.15. The molecule has 2 heterocycles. The number of benzene rings is 2. The Bertz CT molecular complexity index is 1100. The molecule has 7 heteroatoms. The predicted octanol–water partition coefficient (Wildman–Crippen LogP) is 3.57. The number of hydrogen-bond acceptors (Lipinski definition) is 4. The number of nitrogens with one attached hydrogen (secondary N) is 1. The van der Waals surface area contributed by atoms with Crippen LogP contribution < -0.4 is 4.72 Å². The molecule has 0 spiro atoms. The van der Waals surface area contributed by atoms with E-state index in [4.69, 9.17) is 0 Å². The topological polar surface area (TPSA) is 80.0 Å². The van der Waals surface area contributed by atoms with Crippen molar-refractivity contribution in [2.24, 2.45) is 0 Å². The van der Waals surface area contributed by atoms with Gasteiger partial charge in [-0.2, -0.15) is 5.10 Å². The van der Waals surface area contributed by atoms with Gasteiger partial charge in [0, 0.05) is 17.6 Å². The van der Waals surface area contributed by atoms with Gasteiger partial charge in [0.1, 0.15) is 11.6 Å². The van der Waals surface area contributed by atoms with Crippen molar-refractivity contribution in [3.63, 3.8) is 0 Å². The Morgan fingerprint density at radius 2 is 1.88 bits per heavy atom. The van der Waals surface area contributed by atoms with Gasteiger partial charge in [-0.1, -0.05) is 6.07 Å². The third kappa shape index (κ3) is 3.04. The van der Waals surface area contributed by atoms with Gasteiger partial charge >= 0.3 is 0 Å². The fourth-order valence-corrected chi connectivity index (χ4v) is 3.59. The molecule has 0 aliphatic heterocycles. The fraction of sp³-hybridized carbons (Fsp3) is 0.0526. The van der Waals surface area contributed by atoms with E-state index in [1.54, 1.807) is 23.0 Å². The second-order valence-electron chi connectivity index (χ2n) is 5.79. The van der Waals surface area contributed by atoms with Crippen molar-refractivity contribution in [3.05, 3.63) is 72.6 Å². The van der Waals surface area contributed by atoms with E-state index in [9.17, 15) is 9.32 Å². The third-order valence-electron chi connectivity index (χ3n) is 3.93. The highest BCUT2D eigenvalue weighted by Gasteiger charge is 2.13. The van der Waals surface area contributed by atoms with Crippen molar-refractivity contribution in [1.82, 2.24) is 14.8 Å². The SMILES string of the molecule is Cc1cc(NS(=O)c2ccc(O)cc2)n(-c2cccc3ncccc23)n1. The van der Waals surface area contributed by atoms with Gasteiger partial charge in [-0.15, -0.1) is 0 Å². The normalized spacial score (nSPS) is 12.2. The lowest BCUT2D eigenvalue weighted by Crippen LogP contribution is -2.10. The van der Waals surface area contributed by atoms with Gasteiger partial charge in [0.05, 0.1) is 21.8 Å². The van der Waals surface area contributed by atoms with Crippen LogP contribution in [-0.4, -0.2) is 24.1 Å².